The van der Waals surface area contributed by atoms with E-state index >= 15 is 0 Å². The molecule has 1 rings (SSSR count). The number of nitrogens with one attached hydrogen (secondary N) is 1. The van der Waals surface area contributed by atoms with Gasteiger partial charge in [-0.1, -0.05) is 18.6 Å². The van der Waals surface area contributed by atoms with Crippen molar-refractivity contribution in [3.8, 4) is 0 Å². The van der Waals surface area contributed by atoms with E-state index in [-0.39, 0.29) is 0 Å². The van der Waals surface area contributed by atoms with Gasteiger partial charge in [-0.2, -0.15) is 0 Å². The van der Waals surface area contributed by atoms with Crippen LogP contribution in [-0.4, -0.2) is 18.1 Å². The van der Waals surface area contributed by atoms with Crippen molar-refractivity contribution in [1.29, 1.82) is 0 Å². The zero-order chi connectivity index (χ0) is 11.1. The van der Waals surface area contributed by atoms with Crippen molar-refractivity contribution in [3.05, 3.63) is 34.1 Å². The molecule has 1 heterocycles. The predicted molar refractivity (Wildman–Crippen MR) is 68.7 cm³/mol. The van der Waals surface area contributed by atoms with Gasteiger partial charge in [0.15, 0.2) is 0 Å². The lowest BCUT2D eigenvalue weighted by Crippen LogP contribution is -2.16. The third-order valence-electron chi connectivity index (χ3n) is 1.97. The van der Waals surface area contributed by atoms with Crippen molar-refractivity contribution in [2.24, 2.45) is 0 Å². The van der Waals surface area contributed by atoms with Gasteiger partial charge < -0.3 is 5.32 Å². The maximum absolute atomic E-state index is 4.12. The van der Waals surface area contributed by atoms with Gasteiger partial charge >= 0.3 is 0 Å². The third kappa shape index (κ3) is 5.09. The van der Waals surface area contributed by atoms with Gasteiger partial charge in [0.1, 0.15) is 0 Å². The van der Waals surface area contributed by atoms with Crippen LogP contribution in [0.25, 0.3) is 6.08 Å². The number of rotatable bonds is 5. The van der Waals surface area contributed by atoms with Crippen LogP contribution in [0.1, 0.15) is 25.8 Å². The van der Waals surface area contributed by atoms with E-state index < -0.39 is 0 Å². The zero-order valence-electron chi connectivity index (χ0n) is 9.26. The lowest BCUT2D eigenvalue weighted by molar-refractivity contribution is 0.715. The number of aromatic nitrogens is 1. The summed E-state index contributed by atoms with van der Waals surface area (Å²) in [5.41, 5.74) is 2.46. The molecule has 0 aliphatic carbocycles. The highest BCUT2D eigenvalue weighted by Crippen LogP contribution is 2.12. The molecule has 2 nitrogen and oxygen atoms in total. The van der Waals surface area contributed by atoms with E-state index in [1.54, 1.807) is 6.20 Å². The summed E-state index contributed by atoms with van der Waals surface area (Å²) in [4.78, 5) is 4.12. The first kappa shape index (κ1) is 12.4. The second-order valence-electron chi connectivity index (χ2n) is 3.60. The molecule has 0 unspecified atom stereocenters. The second kappa shape index (κ2) is 6.75. The summed E-state index contributed by atoms with van der Waals surface area (Å²) >= 11 is 3.41. The Morgan fingerprint density at radius 3 is 3.00 bits per heavy atom. The Kier molecular flexibility index (Phi) is 5.58. The van der Waals surface area contributed by atoms with Gasteiger partial charge in [-0.3, -0.25) is 4.98 Å². The van der Waals surface area contributed by atoms with Crippen LogP contribution >= 0.6 is 15.9 Å². The van der Waals surface area contributed by atoms with Crippen molar-refractivity contribution in [1.82, 2.24) is 10.3 Å². The highest BCUT2D eigenvalue weighted by atomic mass is 79.9. The second-order valence-corrected chi connectivity index (χ2v) is 4.52. The number of nitrogens with zero attached hydrogens (tertiary/aromatic N) is 1. The molecule has 3 heteroatoms. The molecule has 0 spiro atoms. The minimum atomic E-state index is 0.945. The fourth-order valence-corrected chi connectivity index (χ4v) is 1.69. The Hall–Kier alpha value is -0.670. The Labute approximate surface area is 99.9 Å². The Morgan fingerprint density at radius 1 is 1.53 bits per heavy atom. The highest BCUT2D eigenvalue weighted by Gasteiger charge is 1.93. The molecule has 1 aromatic rings. The molecule has 0 saturated heterocycles. The standard InChI is InChI=1S/C12H17BrN2/c1-3-4-14-7-10(2)5-11-6-12(13)9-15-8-11/h5-6,8-9,14H,3-4,7H2,1-2H3/b10-5+. The van der Waals surface area contributed by atoms with Crippen LogP contribution in [0, 0.1) is 0 Å². The molecule has 15 heavy (non-hydrogen) atoms. The highest BCUT2D eigenvalue weighted by molar-refractivity contribution is 9.10. The van der Waals surface area contributed by atoms with Gasteiger partial charge in [-0.25, -0.2) is 0 Å². The molecule has 0 amide bonds. The first-order valence-electron chi connectivity index (χ1n) is 5.21. The summed E-state index contributed by atoms with van der Waals surface area (Å²) in [5, 5.41) is 3.37. The molecule has 0 bridgehead atoms. The van der Waals surface area contributed by atoms with Gasteiger partial charge in [0.05, 0.1) is 0 Å². The van der Waals surface area contributed by atoms with E-state index in [0.29, 0.717) is 0 Å². The summed E-state index contributed by atoms with van der Waals surface area (Å²) in [5.74, 6) is 0. The average Bonchev–Trinajstić information content (AvgIpc) is 2.18. The van der Waals surface area contributed by atoms with Crippen molar-refractivity contribution in [3.63, 3.8) is 0 Å². The molecule has 0 aliphatic rings. The SMILES string of the molecule is CCCNC/C(C)=C/c1cncc(Br)c1. The smallest absolute Gasteiger partial charge is 0.0410 e. The van der Waals surface area contributed by atoms with E-state index in [1.165, 1.54) is 12.0 Å². The number of hydrogen-bond donors (Lipinski definition) is 1. The van der Waals surface area contributed by atoms with Crippen LogP contribution in [0.15, 0.2) is 28.5 Å². The monoisotopic (exact) mass is 268 g/mol. The van der Waals surface area contributed by atoms with E-state index in [2.05, 4.69) is 52.2 Å². The molecule has 1 aromatic heterocycles. The predicted octanol–water partition coefficient (Wildman–Crippen LogP) is 3.25. The van der Waals surface area contributed by atoms with Gasteiger partial charge in [-0.05, 0) is 47.4 Å². The summed E-state index contributed by atoms with van der Waals surface area (Å²) in [7, 11) is 0. The normalized spacial score (nSPS) is 11.8. The van der Waals surface area contributed by atoms with Crippen LogP contribution in [0.5, 0.6) is 0 Å². The molecular weight excluding hydrogens is 252 g/mol. The topological polar surface area (TPSA) is 24.9 Å². The first-order chi connectivity index (χ1) is 7.22. The van der Waals surface area contributed by atoms with E-state index in [9.17, 15) is 0 Å². The lowest BCUT2D eigenvalue weighted by atomic mass is 10.2. The van der Waals surface area contributed by atoms with Gasteiger partial charge in [0, 0.05) is 23.4 Å². The molecule has 1 N–H and O–H groups in total. The number of halogens is 1. The third-order valence-corrected chi connectivity index (χ3v) is 2.40. The lowest BCUT2D eigenvalue weighted by Gasteiger charge is -2.03. The van der Waals surface area contributed by atoms with Crippen molar-refractivity contribution in [2.45, 2.75) is 20.3 Å². The molecule has 0 atom stereocenters. The molecule has 0 aromatic carbocycles. The van der Waals surface area contributed by atoms with Crippen LogP contribution in [0.3, 0.4) is 0 Å². The Balaban J connectivity index is 2.54. The fraction of sp³-hybridized carbons (Fsp3) is 0.417. The number of hydrogen-bond acceptors (Lipinski definition) is 2. The molecular formula is C12H17BrN2. The molecule has 0 aliphatic heterocycles. The average molecular weight is 269 g/mol. The quantitative estimate of drug-likeness (QED) is 0.830. The maximum Gasteiger partial charge on any atom is 0.0410 e. The minimum Gasteiger partial charge on any atom is -0.313 e. The number of pyridine rings is 1. The van der Waals surface area contributed by atoms with Crippen LogP contribution in [0.2, 0.25) is 0 Å². The van der Waals surface area contributed by atoms with Gasteiger partial charge in [0.2, 0.25) is 0 Å². The summed E-state index contributed by atoms with van der Waals surface area (Å²) in [6, 6.07) is 2.07. The van der Waals surface area contributed by atoms with E-state index in [4.69, 9.17) is 0 Å². The van der Waals surface area contributed by atoms with Gasteiger partial charge in [0.25, 0.3) is 0 Å². The van der Waals surface area contributed by atoms with Gasteiger partial charge in [-0.15, -0.1) is 0 Å². The molecule has 0 saturated carbocycles. The summed E-state index contributed by atoms with van der Waals surface area (Å²) in [6.45, 7) is 6.32. The van der Waals surface area contributed by atoms with Crippen molar-refractivity contribution in [2.75, 3.05) is 13.1 Å². The van der Waals surface area contributed by atoms with Crippen molar-refractivity contribution < 1.29 is 0 Å². The summed E-state index contributed by atoms with van der Waals surface area (Å²) < 4.78 is 1.02. The molecule has 0 fully saturated rings. The van der Waals surface area contributed by atoms with E-state index in [1.807, 2.05) is 6.20 Å². The van der Waals surface area contributed by atoms with E-state index in [0.717, 1.165) is 23.1 Å². The van der Waals surface area contributed by atoms with Crippen LogP contribution in [0.4, 0.5) is 0 Å². The fourth-order valence-electron chi connectivity index (χ4n) is 1.31. The Morgan fingerprint density at radius 2 is 2.33 bits per heavy atom. The largest absolute Gasteiger partial charge is 0.313 e. The molecule has 82 valence electrons. The minimum absolute atomic E-state index is 0.945. The van der Waals surface area contributed by atoms with Crippen LogP contribution in [-0.2, 0) is 0 Å². The van der Waals surface area contributed by atoms with Crippen molar-refractivity contribution >= 4 is 22.0 Å². The van der Waals surface area contributed by atoms with Crippen LogP contribution < -0.4 is 5.32 Å². The molecule has 0 radical (unpaired) electrons. The zero-order valence-corrected chi connectivity index (χ0v) is 10.8. The first-order valence-corrected chi connectivity index (χ1v) is 6.00. The maximum atomic E-state index is 4.12. The Bertz CT molecular complexity index is 334. The summed E-state index contributed by atoms with van der Waals surface area (Å²) in [6.07, 6.45) is 6.99.